The maximum absolute atomic E-state index is 12.7. The van der Waals surface area contributed by atoms with Gasteiger partial charge in [0.25, 0.3) is 4.52 Å². The first-order chi connectivity index (χ1) is 14.1. The van der Waals surface area contributed by atoms with Crippen LogP contribution in [0.2, 0.25) is 15.1 Å². The van der Waals surface area contributed by atoms with Crippen LogP contribution in [0.3, 0.4) is 0 Å². The number of sulfonamides is 1. The van der Waals surface area contributed by atoms with E-state index in [2.05, 4.69) is 5.16 Å². The molecule has 0 bridgehead atoms. The Hall–Kier alpha value is -0.480. The van der Waals surface area contributed by atoms with Crippen LogP contribution in [-0.4, -0.2) is 51.4 Å². The molecule has 1 aromatic rings. The minimum atomic E-state index is -3.38. The average molecular weight is 555 g/mol. The highest BCUT2D eigenvalue weighted by molar-refractivity contribution is 7.89. The van der Waals surface area contributed by atoms with Crippen molar-refractivity contribution in [3.8, 4) is 0 Å². The molecule has 0 radical (unpaired) electrons. The van der Waals surface area contributed by atoms with Crippen LogP contribution in [0.25, 0.3) is 0 Å². The van der Waals surface area contributed by atoms with E-state index in [0.29, 0.717) is 0 Å². The van der Waals surface area contributed by atoms with Crippen molar-refractivity contribution in [2.24, 2.45) is 22.4 Å². The molecule has 31 heavy (non-hydrogen) atoms. The lowest BCUT2D eigenvalue weighted by Crippen LogP contribution is -2.26. The van der Waals surface area contributed by atoms with Crippen LogP contribution < -0.4 is 0 Å². The van der Waals surface area contributed by atoms with Crippen LogP contribution in [0.4, 0.5) is 0 Å². The third-order valence-corrected chi connectivity index (χ3v) is 8.68. The summed E-state index contributed by atoms with van der Waals surface area (Å²) < 4.78 is 27.7. The van der Waals surface area contributed by atoms with Crippen LogP contribution in [0.15, 0.2) is 17.3 Å². The van der Waals surface area contributed by atoms with Gasteiger partial charge in [0.15, 0.2) is 0 Å². The number of rotatable bonds is 9. The van der Waals surface area contributed by atoms with Gasteiger partial charge in [0, 0.05) is 31.8 Å². The lowest BCUT2D eigenvalue weighted by molar-refractivity contribution is -0.150. The molecule has 2 atom stereocenters. The minimum absolute atomic E-state index is 0.0267. The Morgan fingerprint density at radius 2 is 1.84 bits per heavy atom. The summed E-state index contributed by atoms with van der Waals surface area (Å²) in [6.07, 6.45) is 1.44. The molecule has 1 aromatic carbocycles. The lowest BCUT2D eigenvalue weighted by Gasteiger charge is -2.22. The van der Waals surface area contributed by atoms with Gasteiger partial charge in [0.05, 0.1) is 21.0 Å². The quantitative estimate of drug-likeness (QED) is 0.108. The van der Waals surface area contributed by atoms with Gasteiger partial charge in [0.2, 0.25) is 10.0 Å². The van der Waals surface area contributed by atoms with Crippen LogP contribution >= 0.6 is 58.0 Å². The molecule has 1 fully saturated rings. The second kappa shape index (κ2) is 9.79. The second-order valence-corrected chi connectivity index (χ2v) is 12.4. The van der Waals surface area contributed by atoms with Gasteiger partial charge >= 0.3 is 5.97 Å². The van der Waals surface area contributed by atoms with E-state index in [4.69, 9.17) is 67.6 Å². The fourth-order valence-electron chi connectivity index (χ4n) is 2.89. The van der Waals surface area contributed by atoms with E-state index < -0.39 is 31.8 Å². The van der Waals surface area contributed by atoms with Gasteiger partial charge in [-0.2, -0.15) is 0 Å². The van der Waals surface area contributed by atoms with Crippen molar-refractivity contribution < 1.29 is 22.8 Å². The largest absolute Gasteiger partial charge is 0.424 e. The third-order valence-electron chi connectivity index (χ3n) is 5.03. The van der Waals surface area contributed by atoms with Crippen molar-refractivity contribution in [2.75, 3.05) is 26.5 Å². The Morgan fingerprint density at radius 3 is 2.42 bits per heavy atom. The number of esters is 1. The molecular weight excluding hydrogens is 534 g/mol. The fourth-order valence-corrected chi connectivity index (χ4v) is 4.77. The molecular formula is C18H21Cl5N2O5S. The number of hydrogen-bond donors (Lipinski definition) is 0. The van der Waals surface area contributed by atoms with Gasteiger partial charge in [-0.1, -0.05) is 77.0 Å². The van der Waals surface area contributed by atoms with E-state index in [0.717, 1.165) is 4.31 Å². The summed E-state index contributed by atoms with van der Waals surface area (Å²) in [7, 11) is -0.522. The molecule has 1 saturated carbocycles. The molecule has 1 aliphatic carbocycles. The topological polar surface area (TPSA) is 85.3 Å². The van der Waals surface area contributed by atoms with Gasteiger partial charge in [-0.3, -0.25) is 4.79 Å². The van der Waals surface area contributed by atoms with E-state index in [1.165, 1.54) is 32.4 Å². The van der Waals surface area contributed by atoms with Gasteiger partial charge in [0.1, 0.15) is 12.4 Å². The molecule has 0 aromatic heterocycles. The maximum atomic E-state index is 12.7. The second-order valence-electron chi connectivity index (χ2n) is 7.67. The molecule has 13 heteroatoms. The number of hydrogen-bond acceptors (Lipinski definition) is 6. The summed E-state index contributed by atoms with van der Waals surface area (Å²) in [5.41, 5.74) is -0.417. The van der Waals surface area contributed by atoms with Crippen LogP contribution in [0, 0.1) is 17.3 Å². The molecule has 7 nitrogen and oxygen atoms in total. The predicted molar refractivity (Wildman–Crippen MR) is 124 cm³/mol. The molecule has 0 heterocycles. The van der Waals surface area contributed by atoms with Gasteiger partial charge in [-0.05, 0) is 17.5 Å². The summed E-state index contributed by atoms with van der Waals surface area (Å²) in [5, 5.41) is 3.99. The molecule has 2 unspecified atom stereocenters. The Bertz CT molecular complexity index is 982. The van der Waals surface area contributed by atoms with Crippen molar-refractivity contribution in [3.05, 3.63) is 32.8 Å². The first kappa shape index (κ1) is 26.8. The summed E-state index contributed by atoms with van der Waals surface area (Å²) in [6, 6.07) is 2.85. The molecule has 0 aliphatic heterocycles. The average Bonchev–Trinajstić information content (AvgIpc) is 3.19. The van der Waals surface area contributed by atoms with Crippen molar-refractivity contribution in [1.82, 2.24) is 4.31 Å². The predicted octanol–water partition coefficient (Wildman–Crippen LogP) is 4.94. The van der Waals surface area contributed by atoms with Crippen molar-refractivity contribution in [1.29, 1.82) is 0 Å². The van der Waals surface area contributed by atoms with E-state index >= 15 is 0 Å². The molecule has 0 spiro atoms. The van der Waals surface area contributed by atoms with Crippen LogP contribution in [-0.2, 0) is 28.9 Å². The zero-order valence-electron chi connectivity index (χ0n) is 17.0. The number of carbonyl (C=O) groups excluding carboxylic acids is 1. The van der Waals surface area contributed by atoms with E-state index in [9.17, 15) is 13.2 Å². The third kappa shape index (κ3) is 6.10. The number of oxime groups is 1. The van der Waals surface area contributed by atoms with Crippen LogP contribution in [0.5, 0.6) is 0 Å². The smallest absolute Gasteiger partial charge is 0.313 e. The van der Waals surface area contributed by atoms with E-state index in [1.807, 2.05) is 13.8 Å². The summed E-state index contributed by atoms with van der Waals surface area (Å²) in [5.74, 6) is -1.80. The highest BCUT2D eigenvalue weighted by Gasteiger charge is 2.63. The first-order valence-corrected chi connectivity index (χ1v) is 12.4. The molecule has 2 rings (SSSR count). The number of halogens is 5. The molecule has 0 N–H and O–H groups in total. The van der Waals surface area contributed by atoms with Crippen molar-refractivity contribution in [3.63, 3.8) is 0 Å². The van der Waals surface area contributed by atoms with Gasteiger partial charge in [-0.15, -0.1) is 0 Å². The van der Waals surface area contributed by atoms with E-state index in [1.54, 1.807) is 0 Å². The zero-order chi connectivity index (χ0) is 23.8. The number of carbonyl (C=O) groups is 1. The normalized spacial score (nSPS) is 20.8. The standard InChI is InChI=1S/C18H21Cl5N2O5S/c1-17(2)11(9-24-29-7-8-31(27,28)25(3)4)13(17)16(26)30-18(22,23)10-5-6-12(19)15(21)14(10)20/h5-6,9,11,13H,7-8H2,1-4H3. The number of alkyl halides is 2. The molecule has 0 saturated heterocycles. The van der Waals surface area contributed by atoms with Crippen molar-refractivity contribution in [2.45, 2.75) is 18.4 Å². The Morgan fingerprint density at radius 1 is 1.23 bits per heavy atom. The summed E-state index contributed by atoms with van der Waals surface area (Å²) in [6.45, 7) is 3.55. The van der Waals surface area contributed by atoms with Crippen molar-refractivity contribution >= 4 is 80.2 Å². The Balaban J connectivity index is 2.00. The highest BCUT2D eigenvalue weighted by Crippen LogP contribution is 2.58. The zero-order valence-corrected chi connectivity index (χ0v) is 21.6. The number of benzene rings is 1. The summed E-state index contributed by atoms with van der Waals surface area (Å²) >= 11 is 30.5. The molecule has 0 amide bonds. The molecule has 174 valence electrons. The fraction of sp³-hybridized carbons (Fsp3) is 0.556. The van der Waals surface area contributed by atoms with Crippen LogP contribution in [0.1, 0.15) is 19.4 Å². The monoisotopic (exact) mass is 552 g/mol. The lowest BCUT2D eigenvalue weighted by atomic mass is 10.1. The SMILES string of the molecule is CN(C)S(=O)(=O)CCON=CC1C(C(=O)OC(Cl)(Cl)c2ccc(Cl)c(Cl)c2Cl)C1(C)C. The Kier molecular flexibility index (Phi) is 8.46. The number of nitrogens with zero attached hydrogens (tertiary/aromatic N) is 2. The first-order valence-electron chi connectivity index (χ1n) is 8.93. The maximum Gasteiger partial charge on any atom is 0.313 e. The van der Waals surface area contributed by atoms with Gasteiger partial charge < -0.3 is 9.57 Å². The minimum Gasteiger partial charge on any atom is -0.424 e. The Labute approximate surface area is 206 Å². The molecule has 1 aliphatic rings. The van der Waals surface area contributed by atoms with Gasteiger partial charge in [-0.25, -0.2) is 12.7 Å². The highest BCUT2D eigenvalue weighted by atomic mass is 35.5. The summed E-state index contributed by atoms with van der Waals surface area (Å²) in [4.78, 5) is 17.7. The van der Waals surface area contributed by atoms with E-state index in [-0.39, 0.29) is 38.9 Å². The number of ether oxygens (including phenoxy) is 1.